The Morgan fingerprint density at radius 2 is 1.81 bits per heavy atom. The highest BCUT2D eigenvalue weighted by molar-refractivity contribution is 5.94. The van der Waals surface area contributed by atoms with Gasteiger partial charge in [0.15, 0.2) is 0 Å². The summed E-state index contributed by atoms with van der Waals surface area (Å²) >= 11 is 0. The first-order chi connectivity index (χ1) is 19.9. The summed E-state index contributed by atoms with van der Waals surface area (Å²) in [7, 11) is 0. The molecule has 0 aliphatic carbocycles. The molecule has 5 atom stereocenters. The van der Waals surface area contributed by atoms with E-state index in [1.165, 1.54) is 18.1 Å². The first-order valence-corrected chi connectivity index (χ1v) is 14.5. The van der Waals surface area contributed by atoms with Crippen molar-refractivity contribution in [1.82, 2.24) is 10.2 Å². The van der Waals surface area contributed by atoms with Crippen molar-refractivity contribution in [3.63, 3.8) is 0 Å². The van der Waals surface area contributed by atoms with Gasteiger partial charge < -0.3 is 31.5 Å². The fourth-order valence-electron chi connectivity index (χ4n) is 6.04. The highest BCUT2D eigenvalue weighted by Crippen LogP contribution is 2.53. The number of phenols is 1. The van der Waals surface area contributed by atoms with Crippen LogP contribution in [0.2, 0.25) is 0 Å². The molecule has 2 aliphatic rings. The lowest BCUT2D eigenvalue weighted by Gasteiger charge is -2.34. The Morgan fingerprint density at radius 1 is 1.12 bits per heavy atom. The molecule has 0 saturated carbocycles. The zero-order chi connectivity index (χ0) is 30.6. The molecule has 42 heavy (non-hydrogen) atoms. The number of carboxylic acids is 1. The van der Waals surface area contributed by atoms with Crippen LogP contribution in [0.15, 0.2) is 71.8 Å². The van der Waals surface area contributed by atoms with E-state index in [9.17, 15) is 24.6 Å². The third kappa shape index (κ3) is 6.51. The van der Waals surface area contributed by atoms with E-state index in [0.29, 0.717) is 12.8 Å². The molecule has 4 rings (SSSR count). The molecule has 224 valence electrons. The molecule has 0 aromatic heterocycles. The van der Waals surface area contributed by atoms with Crippen molar-refractivity contribution in [2.45, 2.75) is 89.5 Å². The standard InChI is InChI=1S/C33H42N4O5/c1-20(2)8-7-9-21(3)16-17-33-19-28(29(39)35-22(4)31(41)42)37(32(33)36-27-11-6-5-10-25(27)33)30(40)26(34)18-23-12-14-24(38)15-13-23/h5-6,8,10-16,22,26,28,32,36,38H,7,9,17-19,34H2,1-4H3,(H,35,39)(H,41,42)/b21-16+/t22-,26-,28-,32+,33+/m0/s1. The molecule has 9 heteroatoms. The Morgan fingerprint density at radius 3 is 2.48 bits per heavy atom. The van der Waals surface area contributed by atoms with Crippen LogP contribution in [0.4, 0.5) is 5.69 Å². The second kappa shape index (κ2) is 12.8. The number of para-hydroxylation sites is 1. The number of aromatic hydroxyl groups is 1. The molecule has 2 amide bonds. The largest absolute Gasteiger partial charge is 0.508 e. The van der Waals surface area contributed by atoms with E-state index in [4.69, 9.17) is 5.73 Å². The topological polar surface area (TPSA) is 145 Å². The van der Waals surface area contributed by atoms with E-state index >= 15 is 0 Å². The van der Waals surface area contributed by atoms with Crippen molar-refractivity contribution in [2.24, 2.45) is 5.73 Å². The smallest absolute Gasteiger partial charge is 0.325 e. The number of allylic oxidation sites excluding steroid dienone is 4. The van der Waals surface area contributed by atoms with Crippen LogP contribution in [0.5, 0.6) is 5.75 Å². The summed E-state index contributed by atoms with van der Waals surface area (Å²) in [6, 6.07) is 11.4. The molecule has 0 radical (unpaired) electrons. The summed E-state index contributed by atoms with van der Waals surface area (Å²) in [4.78, 5) is 40.9. The maximum atomic E-state index is 14.1. The number of amides is 2. The van der Waals surface area contributed by atoms with Gasteiger partial charge in [0.25, 0.3) is 0 Å². The molecule has 2 aliphatic heterocycles. The maximum absolute atomic E-state index is 14.1. The number of phenolic OH excluding ortho intramolecular Hbond substituents is 1. The van der Waals surface area contributed by atoms with Crippen molar-refractivity contribution in [1.29, 1.82) is 0 Å². The number of nitrogens with one attached hydrogen (secondary N) is 2. The fourth-order valence-corrected chi connectivity index (χ4v) is 6.04. The van der Waals surface area contributed by atoms with Crippen molar-refractivity contribution in [2.75, 3.05) is 5.32 Å². The number of benzene rings is 2. The molecule has 0 unspecified atom stereocenters. The number of nitrogens with zero attached hydrogens (tertiary/aromatic N) is 1. The third-order valence-corrected chi connectivity index (χ3v) is 8.35. The van der Waals surface area contributed by atoms with Crippen LogP contribution in [0.1, 0.15) is 64.5 Å². The molecule has 6 N–H and O–H groups in total. The van der Waals surface area contributed by atoms with Gasteiger partial charge in [-0.2, -0.15) is 0 Å². The van der Waals surface area contributed by atoms with Crippen LogP contribution in [0.25, 0.3) is 0 Å². The summed E-state index contributed by atoms with van der Waals surface area (Å²) < 4.78 is 0. The zero-order valence-electron chi connectivity index (χ0n) is 24.8. The van der Waals surface area contributed by atoms with Crippen molar-refractivity contribution in [3.8, 4) is 5.75 Å². The SMILES string of the molecule is CC(C)=CCC/C(C)=C/C[C@]12C[C@@H](C(=O)N[C@@H](C)C(=O)O)N(C(=O)[C@@H](N)Cc3ccc(O)cc3)[C@H]1Nc1ccccc12. The van der Waals surface area contributed by atoms with Gasteiger partial charge in [0.2, 0.25) is 11.8 Å². The molecule has 1 saturated heterocycles. The molecule has 0 spiro atoms. The predicted molar refractivity (Wildman–Crippen MR) is 163 cm³/mol. The summed E-state index contributed by atoms with van der Waals surface area (Å²) in [5, 5.41) is 25.2. The summed E-state index contributed by atoms with van der Waals surface area (Å²) in [6.07, 6.45) is 6.82. The average molecular weight is 575 g/mol. The molecular formula is C33H42N4O5. The van der Waals surface area contributed by atoms with Gasteiger partial charge in [-0.25, -0.2) is 0 Å². The number of anilines is 1. The maximum Gasteiger partial charge on any atom is 0.325 e. The van der Waals surface area contributed by atoms with Crippen LogP contribution in [-0.2, 0) is 26.2 Å². The number of nitrogens with two attached hydrogens (primary N) is 1. The lowest BCUT2D eigenvalue weighted by Crippen LogP contribution is -2.57. The van der Waals surface area contributed by atoms with Crippen LogP contribution in [0.3, 0.4) is 0 Å². The van der Waals surface area contributed by atoms with E-state index in [2.05, 4.69) is 43.6 Å². The van der Waals surface area contributed by atoms with Crippen molar-refractivity contribution in [3.05, 3.63) is 83.0 Å². The van der Waals surface area contributed by atoms with Crippen molar-refractivity contribution >= 4 is 23.5 Å². The average Bonchev–Trinajstić information content (AvgIpc) is 3.43. The Balaban J connectivity index is 1.71. The molecule has 9 nitrogen and oxygen atoms in total. The minimum Gasteiger partial charge on any atom is -0.508 e. The number of likely N-dealkylation sites (tertiary alicyclic amines) is 1. The molecule has 2 aromatic rings. The van der Waals surface area contributed by atoms with Crippen LogP contribution >= 0.6 is 0 Å². The number of carbonyl (C=O) groups excluding carboxylic acids is 2. The highest BCUT2D eigenvalue weighted by Gasteiger charge is 2.60. The summed E-state index contributed by atoms with van der Waals surface area (Å²) in [5.74, 6) is -1.96. The highest BCUT2D eigenvalue weighted by atomic mass is 16.4. The quantitative estimate of drug-likeness (QED) is 0.253. The van der Waals surface area contributed by atoms with Gasteiger partial charge in [-0.15, -0.1) is 0 Å². The van der Waals surface area contributed by atoms with Gasteiger partial charge in [-0.1, -0.05) is 53.6 Å². The van der Waals surface area contributed by atoms with E-state index in [1.54, 1.807) is 29.2 Å². The van der Waals surface area contributed by atoms with Crippen molar-refractivity contribution < 1.29 is 24.6 Å². The van der Waals surface area contributed by atoms with Gasteiger partial charge >= 0.3 is 5.97 Å². The number of carboxylic acid groups (broad SMARTS) is 1. The number of carbonyl (C=O) groups is 3. The van der Waals surface area contributed by atoms with Crippen LogP contribution < -0.4 is 16.4 Å². The number of aliphatic carboxylic acids is 1. The Hall–Kier alpha value is -4.11. The second-order valence-corrected chi connectivity index (χ2v) is 11.8. The van der Waals surface area contributed by atoms with E-state index < -0.39 is 47.5 Å². The van der Waals surface area contributed by atoms with E-state index in [-0.39, 0.29) is 12.2 Å². The lowest BCUT2D eigenvalue weighted by atomic mass is 9.74. The Labute approximate surface area is 247 Å². The summed E-state index contributed by atoms with van der Waals surface area (Å²) in [5.41, 5.74) is 11.1. The van der Waals surface area contributed by atoms with Gasteiger partial charge in [-0.3, -0.25) is 14.4 Å². The Kier molecular flexibility index (Phi) is 9.41. The second-order valence-electron chi connectivity index (χ2n) is 11.8. The third-order valence-electron chi connectivity index (χ3n) is 8.35. The molecular weight excluding hydrogens is 532 g/mol. The number of rotatable bonds is 11. The zero-order valence-corrected chi connectivity index (χ0v) is 24.8. The lowest BCUT2D eigenvalue weighted by molar-refractivity contribution is -0.144. The van der Waals surface area contributed by atoms with E-state index in [1.807, 2.05) is 24.3 Å². The van der Waals surface area contributed by atoms with Gasteiger partial charge in [0.1, 0.15) is 24.0 Å². The van der Waals surface area contributed by atoms with Crippen LogP contribution in [-0.4, -0.2) is 57.2 Å². The minimum absolute atomic E-state index is 0.115. The van der Waals surface area contributed by atoms with Gasteiger partial charge in [-0.05, 0) is 89.1 Å². The van der Waals surface area contributed by atoms with Gasteiger partial charge in [0.05, 0.1) is 6.04 Å². The first-order valence-electron chi connectivity index (χ1n) is 14.5. The predicted octanol–water partition coefficient (Wildman–Crippen LogP) is 4.22. The molecule has 2 aromatic carbocycles. The summed E-state index contributed by atoms with van der Waals surface area (Å²) in [6.45, 7) is 7.66. The number of fused-ring (bicyclic) bond motifs is 3. The number of hydrogen-bond donors (Lipinski definition) is 5. The van der Waals surface area contributed by atoms with E-state index in [0.717, 1.165) is 29.7 Å². The molecule has 0 bridgehead atoms. The molecule has 2 heterocycles. The monoisotopic (exact) mass is 574 g/mol. The van der Waals surface area contributed by atoms with Crippen LogP contribution in [0, 0.1) is 0 Å². The first kappa shape index (κ1) is 30.8. The fraction of sp³-hybridized carbons (Fsp3) is 0.424. The minimum atomic E-state index is -1.16. The molecule has 1 fully saturated rings. The van der Waals surface area contributed by atoms with Gasteiger partial charge in [0, 0.05) is 11.1 Å². The number of hydrogen-bond acceptors (Lipinski definition) is 6. The Bertz CT molecular complexity index is 1380. The normalized spacial score (nSPS) is 22.4.